The van der Waals surface area contributed by atoms with Crippen LogP contribution >= 0.6 is 0 Å². The number of H-pyrrole nitrogens is 1. The minimum absolute atomic E-state index is 0.0157. The fourth-order valence-electron chi connectivity index (χ4n) is 5.78. The number of benzene rings is 2. The highest BCUT2D eigenvalue weighted by atomic mass is 16.5. The van der Waals surface area contributed by atoms with Crippen molar-refractivity contribution in [2.45, 2.75) is 43.4 Å². The lowest BCUT2D eigenvalue weighted by Gasteiger charge is -2.49. The summed E-state index contributed by atoms with van der Waals surface area (Å²) < 4.78 is 6.48. The predicted molar refractivity (Wildman–Crippen MR) is 106 cm³/mol. The summed E-state index contributed by atoms with van der Waals surface area (Å²) in [5.41, 5.74) is 5.01. The van der Waals surface area contributed by atoms with Crippen molar-refractivity contribution < 1.29 is 9.84 Å². The van der Waals surface area contributed by atoms with Crippen LogP contribution in [-0.4, -0.2) is 28.8 Å². The molecule has 2 bridgehead atoms. The van der Waals surface area contributed by atoms with Crippen molar-refractivity contribution in [1.29, 1.82) is 0 Å². The number of aromatic amines is 1. The van der Waals surface area contributed by atoms with Gasteiger partial charge in [-0.1, -0.05) is 24.3 Å². The Morgan fingerprint density at radius 3 is 2.93 bits per heavy atom. The number of rotatable bonds is 2. The second kappa shape index (κ2) is 5.43. The second-order valence-corrected chi connectivity index (χ2v) is 8.25. The quantitative estimate of drug-likeness (QED) is 0.598. The number of hydrogen-bond donors (Lipinski definition) is 3. The van der Waals surface area contributed by atoms with Gasteiger partial charge in [-0.15, -0.1) is 4.91 Å². The molecule has 3 heterocycles. The van der Waals surface area contributed by atoms with E-state index in [9.17, 15) is 10.0 Å². The molecule has 4 atom stereocenters. The minimum atomic E-state index is -0.590. The first-order valence-electron chi connectivity index (χ1n) is 9.80. The molecule has 3 aliphatic rings. The van der Waals surface area contributed by atoms with Gasteiger partial charge in [0.15, 0.2) is 11.9 Å². The summed E-state index contributed by atoms with van der Waals surface area (Å²) in [5.74, 6) is 0.551. The van der Waals surface area contributed by atoms with E-state index in [0.29, 0.717) is 11.4 Å². The summed E-state index contributed by atoms with van der Waals surface area (Å²) in [7, 11) is 0. The van der Waals surface area contributed by atoms with Crippen LogP contribution in [0.5, 0.6) is 5.75 Å². The van der Waals surface area contributed by atoms with E-state index >= 15 is 0 Å². The standard InChI is InChI=1S/C22H21N3O3/c1-11-13-4-2-3-5-14(13)24-18(11)21-22-8-9-23-16(20(22)26)10-12-6-7-15(25-27)19(28-21)17(12)22/h2-7,16,20-21,23-24,26H,8-10H2,1H3/t16?,20-,21+,22?/m1/s1. The monoisotopic (exact) mass is 375 g/mol. The topological polar surface area (TPSA) is 86.7 Å². The zero-order valence-electron chi connectivity index (χ0n) is 15.5. The van der Waals surface area contributed by atoms with Gasteiger partial charge in [0, 0.05) is 22.5 Å². The van der Waals surface area contributed by atoms with Crippen molar-refractivity contribution in [2.75, 3.05) is 6.54 Å². The van der Waals surface area contributed by atoms with E-state index < -0.39 is 11.5 Å². The van der Waals surface area contributed by atoms with Crippen LogP contribution in [0.1, 0.15) is 34.9 Å². The first-order chi connectivity index (χ1) is 13.6. The summed E-state index contributed by atoms with van der Waals surface area (Å²) in [6.07, 6.45) is 0.502. The molecule has 0 saturated carbocycles. The molecule has 6 nitrogen and oxygen atoms in total. The normalized spacial score (nSPS) is 30.1. The first kappa shape index (κ1) is 16.3. The molecule has 1 saturated heterocycles. The Morgan fingerprint density at radius 2 is 2.11 bits per heavy atom. The van der Waals surface area contributed by atoms with Gasteiger partial charge in [-0.2, -0.15) is 0 Å². The van der Waals surface area contributed by atoms with Gasteiger partial charge in [0.25, 0.3) is 0 Å². The number of para-hydroxylation sites is 1. The van der Waals surface area contributed by atoms with Gasteiger partial charge in [-0.25, -0.2) is 0 Å². The Labute approximate surface area is 161 Å². The average Bonchev–Trinajstić information content (AvgIpc) is 3.21. The van der Waals surface area contributed by atoms with Crippen LogP contribution in [0.2, 0.25) is 0 Å². The molecule has 142 valence electrons. The molecule has 6 rings (SSSR count). The van der Waals surface area contributed by atoms with Gasteiger partial charge in [-0.3, -0.25) is 0 Å². The number of fused-ring (bicyclic) bond motifs is 2. The van der Waals surface area contributed by atoms with Gasteiger partial charge in [-0.05, 0) is 54.7 Å². The van der Waals surface area contributed by atoms with Crippen LogP contribution in [-0.2, 0) is 11.8 Å². The van der Waals surface area contributed by atoms with E-state index in [1.54, 1.807) is 6.07 Å². The molecular weight excluding hydrogens is 354 g/mol. The molecule has 3 N–H and O–H groups in total. The maximum absolute atomic E-state index is 11.5. The van der Waals surface area contributed by atoms with Crippen molar-refractivity contribution in [2.24, 2.45) is 5.18 Å². The van der Waals surface area contributed by atoms with Crippen LogP contribution in [0.25, 0.3) is 10.9 Å². The lowest BCUT2D eigenvalue weighted by molar-refractivity contribution is -0.0354. The Hall–Kier alpha value is -2.70. The van der Waals surface area contributed by atoms with E-state index in [0.717, 1.165) is 52.7 Å². The highest BCUT2D eigenvalue weighted by Gasteiger charge is 2.62. The summed E-state index contributed by atoms with van der Waals surface area (Å²) in [6, 6.07) is 11.9. The number of ether oxygens (including phenoxy) is 1. The molecule has 2 aromatic carbocycles. The maximum Gasteiger partial charge on any atom is 0.153 e. The van der Waals surface area contributed by atoms with Gasteiger partial charge < -0.3 is 20.1 Å². The Balaban J connectivity index is 1.64. The Morgan fingerprint density at radius 1 is 1.25 bits per heavy atom. The van der Waals surface area contributed by atoms with Gasteiger partial charge in [0.05, 0.1) is 17.2 Å². The highest BCUT2D eigenvalue weighted by molar-refractivity contribution is 5.85. The third-order valence-corrected chi connectivity index (χ3v) is 7.05. The van der Waals surface area contributed by atoms with E-state index in [-0.39, 0.29) is 12.1 Å². The lowest BCUT2D eigenvalue weighted by atomic mass is 9.60. The van der Waals surface area contributed by atoms with E-state index in [1.807, 2.05) is 18.2 Å². The highest BCUT2D eigenvalue weighted by Crippen LogP contribution is 2.61. The van der Waals surface area contributed by atoms with Crippen molar-refractivity contribution in [3.63, 3.8) is 0 Å². The fraction of sp³-hybridized carbons (Fsp3) is 0.364. The first-order valence-corrected chi connectivity index (χ1v) is 9.80. The number of nitrogens with one attached hydrogen (secondary N) is 2. The lowest BCUT2D eigenvalue weighted by Crippen LogP contribution is -2.63. The van der Waals surface area contributed by atoms with Crippen LogP contribution in [0.3, 0.4) is 0 Å². The second-order valence-electron chi connectivity index (χ2n) is 8.25. The van der Waals surface area contributed by atoms with Crippen LogP contribution in [0.4, 0.5) is 5.69 Å². The van der Waals surface area contributed by atoms with Crippen molar-refractivity contribution in [3.8, 4) is 5.75 Å². The summed E-state index contributed by atoms with van der Waals surface area (Å²) in [6.45, 7) is 2.89. The van der Waals surface area contributed by atoms with Crippen molar-refractivity contribution >= 4 is 16.6 Å². The molecule has 1 aliphatic carbocycles. The largest absolute Gasteiger partial charge is 0.480 e. The van der Waals surface area contributed by atoms with E-state index in [2.05, 4.69) is 34.5 Å². The smallest absolute Gasteiger partial charge is 0.153 e. The Bertz CT molecular complexity index is 1140. The molecule has 0 radical (unpaired) electrons. The third kappa shape index (κ3) is 1.80. The number of nitroso groups, excluding NO2 is 1. The Kier molecular flexibility index (Phi) is 3.15. The molecule has 1 fully saturated rings. The van der Waals surface area contributed by atoms with Gasteiger partial charge in [0.1, 0.15) is 5.69 Å². The molecule has 0 amide bonds. The number of hydrogen-bond acceptors (Lipinski definition) is 5. The molecular formula is C22H21N3O3. The number of aliphatic hydroxyl groups excluding tert-OH is 1. The summed E-state index contributed by atoms with van der Waals surface area (Å²) in [4.78, 5) is 15.0. The van der Waals surface area contributed by atoms with Crippen LogP contribution in [0, 0.1) is 11.8 Å². The van der Waals surface area contributed by atoms with Crippen molar-refractivity contribution in [1.82, 2.24) is 10.3 Å². The van der Waals surface area contributed by atoms with Gasteiger partial charge >= 0.3 is 0 Å². The average molecular weight is 375 g/mol. The maximum atomic E-state index is 11.5. The molecule has 2 unspecified atom stereocenters. The van der Waals surface area contributed by atoms with Crippen LogP contribution < -0.4 is 10.1 Å². The number of nitrogens with zero attached hydrogens (tertiary/aromatic N) is 1. The van der Waals surface area contributed by atoms with E-state index in [4.69, 9.17) is 4.74 Å². The van der Waals surface area contributed by atoms with E-state index in [1.165, 1.54) is 0 Å². The molecule has 6 heteroatoms. The number of piperidine rings is 1. The fourth-order valence-corrected chi connectivity index (χ4v) is 5.78. The molecule has 1 spiro atoms. The number of aromatic nitrogens is 1. The van der Waals surface area contributed by atoms with Crippen molar-refractivity contribution in [3.05, 3.63) is 63.7 Å². The van der Waals surface area contributed by atoms with Crippen LogP contribution in [0.15, 0.2) is 41.6 Å². The minimum Gasteiger partial charge on any atom is -0.480 e. The molecule has 28 heavy (non-hydrogen) atoms. The van der Waals surface area contributed by atoms with Gasteiger partial charge in [0.2, 0.25) is 0 Å². The molecule has 3 aromatic rings. The predicted octanol–water partition coefficient (Wildman–Crippen LogP) is 3.52. The number of aliphatic hydroxyl groups is 1. The molecule has 2 aliphatic heterocycles. The zero-order valence-corrected chi connectivity index (χ0v) is 15.5. The molecule has 1 aromatic heterocycles. The summed E-state index contributed by atoms with van der Waals surface area (Å²) in [5, 5.41) is 19.2. The SMILES string of the molecule is Cc1c([C@@H]2Oc3c(N=O)ccc4c3C23CCNC(C4)[C@H]3O)[nH]c2ccccc12. The zero-order chi connectivity index (χ0) is 19.0. The number of aryl methyl sites for hydroxylation is 1. The summed E-state index contributed by atoms with van der Waals surface area (Å²) >= 11 is 0. The third-order valence-electron chi connectivity index (χ3n) is 7.05.